The highest BCUT2D eigenvalue weighted by molar-refractivity contribution is 8.14. The molecule has 0 bridgehead atoms. The number of nitrogens with one attached hydrogen (secondary N) is 2. The molecule has 0 atom stereocenters. The van der Waals surface area contributed by atoms with Gasteiger partial charge in [-0.15, -0.1) is 0 Å². The molecule has 0 aliphatic carbocycles. The van der Waals surface area contributed by atoms with E-state index in [4.69, 9.17) is 11.6 Å². The van der Waals surface area contributed by atoms with Crippen molar-refractivity contribution in [1.82, 2.24) is 5.43 Å². The van der Waals surface area contributed by atoms with Crippen LogP contribution in [0, 0.1) is 6.92 Å². The summed E-state index contributed by atoms with van der Waals surface area (Å²) >= 11 is 7.77. The summed E-state index contributed by atoms with van der Waals surface area (Å²) in [6, 6.07) is 5.81. The van der Waals surface area contributed by atoms with Crippen LogP contribution >= 0.6 is 23.4 Å². The van der Waals surface area contributed by atoms with E-state index in [1.54, 1.807) is 11.8 Å². The number of rotatable bonds is 2. The lowest BCUT2D eigenvalue weighted by molar-refractivity contribution is 1.09. The minimum atomic E-state index is 0.714. The zero-order valence-electron chi connectivity index (χ0n) is 8.38. The van der Waals surface area contributed by atoms with E-state index in [2.05, 4.69) is 15.8 Å². The fourth-order valence-electron chi connectivity index (χ4n) is 1.32. The van der Waals surface area contributed by atoms with Gasteiger partial charge < -0.3 is 0 Å². The van der Waals surface area contributed by atoms with Gasteiger partial charge in [0, 0.05) is 5.75 Å². The van der Waals surface area contributed by atoms with Crippen molar-refractivity contribution in [2.24, 2.45) is 4.99 Å². The lowest BCUT2D eigenvalue weighted by Gasteiger charge is -2.12. The second kappa shape index (κ2) is 4.77. The smallest absolute Gasteiger partial charge is 0.175 e. The number of halogens is 1. The van der Waals surface area contributed by atoms with Crippen molar-refractivity contribution in [3.8, 4) is 0 Å². The van der Waals surface area contributed by atoms with E-state index < -0.39 is 0 Å². The minimum Gasteiger partial charge on any atom is -0.297 e. The molecule has 0 fully saturated rings. The summed E-state index contributed by atoms with van der Waals surface area (Å²) in [4.78, 5) is 4.27. The lowest BCUT2D eigenvalue weighted by Crippen LogP contribution is -2.26. The fraction of sp³-hybridized carbons (Fsp3) is 0.300. The highest BCUT2D eigenvalue weighted by Crippen LogP contribution is 2.24. The molecule has 1 heterocycles. The minimum absolute atomic E-state index is 0.714. The van der Waals surface area contributed by atoms with Crippen molar-refractivity contribution in [3.63, 3.8) is 0 Å². The van der Waals surface area contributed by atoms with Gasteiger partial charge in [0.15, 0.2) is 5.17 Å². The molecule has 1 aliphatic rings. The molecule has 2 rings (SSSR count). The van der Waals surface area contributed by atoms with Crippen molar-refractivity contribution >= 4 is 34.2 Å². The first-order chi connectivity index (χ1) is 7.27. The maximum atomic E-state index is 6.07. The third-order valence-electron chi connectivity index (χ3n) is 2.10. The molecule has 0 aromatic heterocycles. The third kappa shape index (κ3) is 2.58. The van der Waals surface area contributed by atoms with Crippen molar-refractivity contribution in [2.75, 3.05) is 17.7 Å². The number of para-hydroxylation sites is 1. The SMILES string of the molecule is Cc1cccc(Cl)c1NNC1=NCCS1. The molecule has 1 aromatic carbocycles. The van der Waals surface area contributed by atoms with Crippen LogP contribution in [0.4, 0.5) is 5.69 Å². The first kappa shape index (κ1) is 10.6. The number of amidine groups is 1. The van der Waals surface area contributed by atoms with Gasteiger partial charge in [-0.25, -0.2) is 0 Å². The van der Waals surface area contributed by atoms with Gasteiger partial charge in [-0.3, -0.25) is 15.8 Å². The van der Waals surface area contributed by atoms with Crippen LogP contribution in [0.25, 0.3) is 0 Å². The van der Waals surface area contributed by atoms with Gasteiger partial charge >= 0.3 is 0 Å². The topological polar surface area (TPSA) is 36.4 Å². The molecule has 80 valence electrons. The zero-order chi connectivity index (χ0) is 10.7. The van der Waals surface area contributed by atoms with Gasteiger partial charge in [0.1, 0.15) is 0 Å². The summed E-state index contributed by atoms with van der Waals surface area (Å²) in [6.45, 7) is 2.90. The number of nitrogens with zero attached hydrogens (tertiary/aromatic N) is 1. The maximum Gasteiger partial charge on any atom is 0.175 e. The molecule has 2 N–H and O–H groups in total. The monoisotopic (exact) mass is 241 g/mol. The quantitative estimate of drug-likeness (QED) is 0.782. The number of aliphatic imine (C=N–C) groups is 1. The van der Waals surface area contributed by atoms with Crippen molar-refractivity contribution in [3.05, 3.63) is 28.8 Å². The summed E-state index contributed by atoms with van der Waals surface area (Å²) in [6.07, 6.45) is 0. The van der Waals surface area contributed by atoms with E-state index in [1.165, 1.54) is 0 Å². The summed E-state index contributed by atoms with van der Waals surface area (Å²) < 4.78 is 0. The van der Waals surface area contributed by atoms with Crippen LogP contribution in [-0.4, -0.2) is 17.5 Å². The molecular formula is C10H12ClN3S. The molecule has 0 saturated heterocycles. The van der Waals surface area contributed by atoms with Crippen molar-refractivity contribution < 1.29 is 0 Å². The number of thioether (sulfide) groups is 1. The van der Waals surface area contributed by atoms with E-state index in [1.807, 2.05) is 25.1 Å². The Morgan fingerprint density at radius 2 is 2.27 bits per heavy atom. The second-order valence-corrected chi connectivity index (χ2v) is 4.71. The highest BCUT2D eigenvalue weighted by Gasteiger charge is 2.07. The van der Waals surface area contributed by atoms with Crippen LogP contribution in [0.5, 0.6) is 0 Å². The second-order valence-electron chi connectivity index (χ2n) is 3.22. The summed E-state index contributed by atoms with van der Waals surface area (Å²) in [5.41, 5.74) is 8.17. The predicted molar refractivity (Wildman–Crippen MR) is 67.7 cm³/mol. The Hall–Kier alpha value is -0.870. The molecule has 15 heavy (non-hydrogen) atoms. The van der Waals surface area contributed by atoms with E-state index in [0.29, 0.717) is 5.02 Å². The third-order valence-corrected chi connectivity index (χ3v) is 3.31. The molecule has 0 radical (unpaired) electrons. The van der Waals surface area contributed by atoms with Gasteiger partial charge in [0.2, 0.25) is 0 Å². The van der Waals surface area contributed by atoms with Gasteiger partial charge in [-0.05, 0) is 18.6 Å². The Labute approximate surface area is 98.3 Å². The maximum absolute atomic E-state index is 6.07. The lowest BCUT2D eigenvalue weighted by atomic mass is 10.2. The highest BCUT2D eigenvalue weighted by atomic mass is 35.5. The number of hydrogen-bond donors (Lipinski definition) is 2. The van der Waals surface area contributed by atoms with E-state index in [0.717, 1.165) is 28.7 Å². The van der Waals surface area contributed by atoms with Gasteiger partial charge in [0.25, 0.3) is 0 Å². The van der Waals surface area contributed by atoms with Crippen LogP contribution in [-0.2, 0) is 0 Å². The average molecular weight is 242 g/mol. The molecule has 1 aromatic rings. The van der Waals surface area contributed by atoms with E-state index in [9.17, 15) is 0 Å². The van der Waals surface area contributed by atoms with E-state index >= 15 is 0 Å². The van der Waals surface area contributed by atoms with Crippen LogP contribution < -0.4 is 10.9 Å². The van der Waals surface area contributed by atoms with Crippen LogP contribution in [0.3, 0.4) is 0 Å². The molecule has 5 heteroatoms. The first-order valence-corrected chi connectivity index (χ1v) is 6.08. The van der Waals surface area contributed by atoms with Crippen molar-refractivity contribution in [1.29, 1.82) is 0 Å². The fourth-order valence-corrected chi connectivity index (χ4v) is 2.27. The molecule has 0 saturated carbocycles. The summed E-state index contributed by atoms with van der Waals surface area (Å²) in [7, 11) is 0. The van der Waals surface area contributed by atoms with Crippen LogP contribution in [0.2, 0.25) is 5.02 Å². The Kier molecular flexibility index (Phi) is 3.38. The van der Waals surface area contributed by atoms with Crippen molar-refractivity contribution in [2.45, 2.75) is 6.92 Å². The molecular weight excluding hydrogens is 230 g/mol. The number of aryl methyl sites for hydroxylation is 1. The number of hydrazine groups is 1. The molecule has 0 spiro atoms. The van der Waals surface area contributed by atoms with Gasteiger partial charge in [-0.2, -0.15) is 0 Å². The molecule has 3 nitrogen and oxygen atoms in total. The van der Waals surface area contributed by atoms with E-state index in [-0.39, 0.29) is 0 Å². The summed E-state index contributed by atoms with van der Waals surface area (Å²) in [5, 5.41) is 1.64. The average Bonchev–Trinajstić information content (AvgIpc) is 2.70. The number of anilines is 1. The zero-order valence-corrected chi connectivity index (χ0v) is 9.95. The van der Waals surface area contributed by atoms with Gasteiger partial charge in [0.05, 0.1) is 17.3 Å². The number of hydrogen-bond acceptors (Lipinski definition) is 4. The van der Waals surface area contributed by atoms with Crippen LogP contribution in [0.1, 0.15) is 5.56 Å². The molecule has 1 aliphatic heterocycles. The largest absolute Gasteiger partial charge is 0.297 e. The normalized spacial score (nSPS) is 14.9. The number of benzene rings is 1. The Morgan fingerprint density at radius 3 is 2.93 bits per heavy atom. The molecule has 0 amide bonds. The first-order valence-electron chi connectivity index (χ1n) is 4.72. The standard InChI is InChI=1S/C10H12ClN3S/c1-7-3-2-4-8(11)9(7)13-14-10-12-5-6-15-10/h2-4,13H,5-6H2,1H3,(H,12,14). The van der Waals surface area contributed by atoms with Gasteiger partial charge in [-0.1, -0.05) is 35.5 Å². The van der Waals surface area contributed by atoms with Crippen LogP contribution in [0.15, 0.2) is 23.2 Å². The Bertz CT molecular complexity index is 372. The predicted octanol–water partition coefficient (Wildman–Crippen LogP) is 2.67. The Balaban J connectivity index is 2.04. The Morgan fingerprint density at radius 1 is 1.40 bits per heavy atom. The summed E-state index contributed by atoms with van der Waals surface area (Å²) in [5.74, 6) is 1.05. The molecule has 0 unspecified atom stereocenters.